The highest BCUT2D eigenvalue weighted by Crippen LogP contribution is 2.45. The van der Waals surface area contributed by atoms with Crippen LogP contribution in [-0.2, 0) is 65.4 Å². The van der Waals surface area contributed by atoms with Crippen LogP contribution in [0.5, 0.6) is 0 Å². The third-order valence-electron chi connectivity index (χ3n) is 16.0. The van der Waals surface area contributed by atoms with Crippen molar-refractivity contribution in [1.29, 1.82) is 0 Å². The standard InChI is InChI=1S/C81H138O17P2/c1-5-9-13-17-21-25-29-32-34-36-37-39-40-43-47-50-54-58-62-66-79(84)92-72-77(98-81(86)68-64-60-56-52-48-44-41-38-35-33-30-26-22-18-14-10-6-2)74-96-100(89,90)94-70-75(82)69-93-99(87,88)95-73-76(97-80(85)67-63-59-55-51-45-28-24-20-16-12-8-4)71-91-78(83)65-61-57-53-49-46-42-31-27-23-19-15-11-7-3/h9-10,13-14,21-22,25-26,32-35,37,39,41,43-44,47,54,58,75-77,82H,5-8,11-12,15-20,23-24,27-31,36,38,40,42,45-46,48-53,55-57,59-74H2,1-4H3,(H,87,88)(H,89,90)/b13-9-,14-10-,25-21-,26-22-,34-32-,35-33-,39-37-,44-41-,47-43-,58-54-. The molecule has 19 heteroatoms. The van der Waals surface area contributed by atoms with Crippen molar-refractivity contribution in [2.45, 2.75) is 329 Å². The van der Waals surface area contributed by atoms with Gasteiger partial charge in [0.05, 0.1) is 26.4 Å². The molecule has 0 aliphatic carbocycles. The van der Waals surface area contributed by atoms with Gasteiger partial charge in [0.2, 0.25) is 0 Å². The molecular formula is C81H138O17P2. The van der Waals surface area contributed by atoms with Crippen LogP contribution < -0.4 is 0 Å². The highest BCUT2D eigenvalue weighted by atomic mass is 31.2. The Morgan fingerprint density at radius 1 is 0.290 bits per heavy atom. The van der Waals surface area contributed by atoms with Gasteiger partial charge in [0.1, 0.15) is 19.3 Å². The van der Waals surface area contributed by atoms with Crippen molar-refractivity contribution in [3.05, 3.63) is 122 Å². The molecule has 0 aliphatic heterocycles. The Bertz CT molecular complexity index is 2370. The van der Waals surface area contributed by atoms with Crippen molar-refractivity contribution >= 4 is 39.5 Å². The predicted molar refractivity (Wildman–Crippen MR) is 408 cm³/mol. The summed E-state index contributed by atoms with van der Waals surface area (Å²) >= 11 is 0. The second kappa shape index (κ2) is 72.8. The van der Waals surface area contributed by atoms with E-state index in [9.17, 15) is 43.2 Å². The van der Waals surface area contributed by atoms with Gasteiger partial charge >= 0.3 is 39.5 Å². The molecule has 0 aromatic heterocycles. The van der Waals surface area contributed by atoms with Crippen LogP contribution in [0.1, 0.15) is 310 Å². The molecule has 0 fully saturated rings. The fourth-order valence-corrected chi connectivity index (χ4v) is 11.7. The van der Waals surface area contributed by atoms with E-state index < -0.39 is 97.5 Å². The number of allylic oxidation sites excluding steroid dienone is 20. The van der Waals surface area contributed by atoms with E-state index in [2.05, 4.69) is 131 Å². The Morgan fingerprint density at radius 3 is 0.860 bits per heavy atom. The summed E-state index contributed by atoms with van der Waals surface area (Å²) < 4.78 is 68.4. The normalized spacial score (nSPS) is 14.6. The first-order valence-corrected chi connectivity index (χ1v) is 41.8. The van der Waals surface area contributed by atoms with Gasteiger partial charge in [0.15, 0.2) is 12.2 Å². The van der Waals surface area contributed by atoms with E-state index in [-0.39, 0.29) is 25.7 Å². The summed E-state index contributed by atoms with van der Waals surface area (Å²) in [5.74, 6) is -2.29. The monoisotopic (exact) mass is 1440 g/mol. The lowest BCUT2D eigenvalue weighted by Crippen LogP contribution is -2.30. The van der Waals surface area contributed by atoms with Crippen LogP contribution in [0.2, 0.25) is 0 Å². The van der Waals surface area contributed by atoms with E-state index in [0.29, 0.717) is 32.1 Å². The van der Waals surface area contributed by atoms with Crippen molar-refractivity contribution in [2.24, 2.45) is 0 Å². The number of phosphoric ester groups is 2. The third-order valence-corrected chi connectivity index (χ3v) is 17.9. The molecule has 17 nitrogen and oxygen atoms in total. The lowest BCUT2D eigenvalue weighted by Gasteiger charge is -2.21. The molecule has 0 saturated heterocycles. The zero-order valence-electron chi connectivity index (χ0n) is 62.6. The fraction of sp³-hybridized carbons (Fsp3) is 0.704. The lowest BCUT2D eigenvalue weighted by molar-refractivity contribution is -0.161. The highest BCUT2D eigenvalue weighted by molar-refractivity contribution is 7.47. The molecule has 0 rings (SSSR count). The molecule has 0 heterocycles. The van der Waals surface area contributed by atoms with Gasteiger partial charge in [-0.15, -0.1) is 0 Å². The Kier molecular flexibility index (Phi) is 69.5. The molecule has 0 saturated carbocycles. The molecule has 5 unspecified atom stereocenters. The number of hydrogen-bond acceptors (Lipinski definition) is 15. The molecule has 0 aliphatic rings. The highest BCUT2D eigenvalue weighted by Gasteiger charge is 2.30. The average Bonchev–Trinajstić information content (AvgIpc) is 0.930. The van der Waals surface area contributed by atoms with Crippen LogP contribution in [0.25, 0.3) is 0 Å². The van der Waals surface area contributed by atoms with Crippen LogP contribution in [0.3, 0.4) is 0 Å². The maximum absolute atomic E-state index is 13.1. The van der Waals surface area contributed by atoms with Crippen molar-refractivity contribution in [3.63, 3.8) is 0 Å². The summed E-state index contributed by atoms with van der Waals surface area (Å²) in [6.45, 7) is 4.54. The van der Waals surface area contributed by atoms with Gasteiger partial charge in [-0.25, -0.2) is 9.13 Å². The molecule has 100 heavy (non-hydrogen) atoms. The zero-order chi connectivity index (χ0) is 73.2. The number of unbranched alkanes of at least 4 members (excludes halogenated alkanes) is 26. The molecule has 0 aromatic carbocycles. The van der Waals surface area contributed by atoms with Crippen molar-refractivity contribution in [1.82, 2.24) is 0 Å². The molecule has 0 amide bonds. The minimum atomic E-state index is -5.00. The largest absolute Gasteiger partial charge is 0.472 e. The second-order valence-corrected chi connectivity index (χ2v) is 28.5. The average molecular weight is 1450 g/mol. The van der Waals surface area contributed by atoms with E-state index in [1.54, 1.807) is 0 Å². The van der Waals surface area contributed by atoms with Gasteiger partial charge in [-0.1, -0.05) is 303 Å². The molecule has 0 spiro atoms. The zero-order valence-corrected chi connectivity index (χ0v) is 64.4. The summed E-state index contributed by atoms with van der Waals surface area (Å²) in [6.07, 6.45) is 79.2. The number of aliphatic hydroxyl groups excluding tert-OH is 1. The van der Waals surface area contributed by atoms with Gasteiger partial charge < -0.3 is 33.8 Å². The number of rotatable bonds is 72. The fourth-order valence-electron chi connectivity index (χ4n) is 10.1. The van der Waals surface area contributed by atoms with Crippen molar-refractivity contribution < 1.29 is 80.2 Å². The number of carbonyl (C=O) groups excluding carboxylic acids is 4. The van der Waals surface area contributed by atoms with Gasteiger partial charge in [-0.3, -0.25) is 37.3 Å². The molecule has 574 valence electrons. The van der Waals surface area contributed by atoms with Crippen LogP contribution >= 0.6 is 15.6 Å². The first-order chi connectivity index (χ1) is 48.7. The Hall–Kier alpha value is -4.54. The van der Waals surface area contributed by atoms with E-state index in [0.717, 1.165) is 128 Å². The summed E-state index contributed by atoms with van der Waals surface area (Å²) in [5, 5.41) is 10.6. The molecule has 0 radical (unpaired) electrons. The summed E-state index contributed by atoms with van der Waals surface area (Å²) in [6, 6.07) is 0. The van der Waals surface area contributed by atoms with Gasteiger partial charge in [-0.2, -0.15) is 0 Å². The van der Waals surface area contributed by atoms with Gasteiger partial charge in [-0.05, 0) is 103 Å². The third kappa shape index (κ3) is 71.8. The topological polar surface area (TPSA) is 237 Å². The minimum absolute atomic E-state index is 0.0283. The van der Waals surface area contributed by atoms with E-state index in [1.807, 2.05) is 18.2 Å². The molecule has 0 bridgehead atoms. The number of aliphatic hydroxyl groups is 1. The maximum atomic E-state index is 13.1. The summed E-state index contributed by atoms with van der Waals surface area (Å²) in [5.41, 5.74) is 0. The van der Waals surface area contributed by atoms with Crippen LogP contribution in [0, 0.1) is 0 Å². The number of ether oxygens (including phenoxy) is 4. The SMILES string of the molecule is CC/C=C\C/C=C\C/C=C\C/C=C\C/C=C\C/C=C\CCC(=O)OCC(COP(=O)(O)OCC(O)COP(=O)(O)OCC(COC(=O)CCCCCCCCCCCCCCC)OC(=O)CCCCCCCCCCCCC)OC(=O)CCCCCC/C=C\C/C=C\C/C=C\C/C=C\CC. The van der Waals surface area contributed by atoms with Gasteiger partial charge in [0, 0.05) is 25.7 Å². The molecule has 0 aromatic rings. The lowest BCUT2D eigenvalue weighted by atomic mass is 10.0. The number of esters is 4. The van der Waals surface area contributed by atoms with E-state index in [4.69, 9.17) is 37.0 Å². The first kappa shape index (κ1) is 95.5. The molecular weight excluding hydrogens is 1310 g/mol. The van der Waals surface area contributed by atoms with Crippen LogP contribution in [0.15, 0.2) is 122 Å². The molecule has 3 N–H and O–H groups in total. The van der Waals surface area contributed by atoms with Gasteiger partial charge in [0.25, 0.3) is 0 Å². The first-order valence-electron chi connectivity index (χ1n) is 38.8. The Balaban J connectivity index is 5.42. The van der Waals surface area contributed by atoms with Crippen LogP contribution in [0.4, 0.5) is 0 Å². The quantitative estimate of drug-likeness (QED) is 0.0169. The Labute approximate surface area is 606 Å². The number of carbonyl (C=O) groups is 4. The maximum Gasteiger partial charge on any atom is 0.472 e. The Morgan fingerprint density at radius 2 is 0.540 bits per heavy atom. The number of hydrogen-bond donors (Lipinski definition) is 3. The van der Waals surface area contributed by atoms with E-state index in [1.165, 1.54) is 96.3 Å². The predicted octanol–water partition coefficient (Wildman–Crippen LogP) is 22.3. The van der Waals surface area contributed by atoms with Crippen LogP contribution in [-0.4, -0.2) is 96.7 Å². The number of phosphoric acid groups is 2. The minimum Gasteiger partial charge on any atom is -0.462 e. The second-order valence-electron chi connectivity index (χ2n) is 25.5. The van der Waals surface area contributed by atoms with Crippen molar-refractivity contribution in [2.75, 3.05) is 39.6 Å². The smallest absolute Gasteiger partial charge is 0.462 e. The molecule has 5 atom stereocenters. The van der Waals surface area contributed by atoms with Crippen molar-refractivity contribution in [3.8, 4) is 0 Å². The van der Waals surface area contributed by atoms with E-state index >= 15 is 0 Å². The summed E-state index contributed by atoms with van der Waals surface area (Å²) in [7, 11) is -9.97. The summed E-state index contributed by atoms with van der Waals surface area (Å²) in [4.78, 5) is 72.8.